The number of aryl methyl sites for hydroxylation is 1. The zero-order chi connectivity index (χ0) is 17.8. The van der Waals surface area contributed by atoms with E-state index in [0.717, 1.165) is 29.8 Å². The first-order valence-corrected chi connectivity index (χ1v) is 8.38. The van der Waals surface area contributed by atoms with Crippen molar-refractivity contribution in [3.63, 3.8) is 0 Å². The summed E-state index contributed by atoms with van der Waals surface area (Å²) in [4.78, 5) is 32.6. The normalized spacial score (nSPS) is 16.3. The minimum atomic E-state index is -0.214. The summed E-state index contributed by atoms with van der Waals surface area (Å²) < 4.78 is 6.87. The Bertz CT molecular complexity index is 814. The van der Waals surface area contributed by atoms with Gasteiger partial charge in [0.1, 0.15) is 5.69 Å². The fourth-order valence-corrected chi connectivity index (χ4v) is 3.14. The average Bonchev–Trinajstić information content (AvgIpc) is 2.61. The fourth-order valence-electron chi connectivity index (χ4n) is 3.14. The Morgan fingerprint density at radius 2 is 2.20 bits per heavy atom. The van der Waals surface area contributed by atoms with Gasteiger partial charge in [-0.1, -0.05) is 6.07 Å². The van der Waals surface area contributed by atoms with Crippen LogP contribution in [0.2, 0.25) is 0 Å². The summed E-state index contributed by atoms with van der Waals surface area (Å²) in [5.74, 6) is -0.214. The summed E-state index contributed by atoms with van der Waals surface area (Å²) in [5, 5.41) is 3.02. The summed E-state index contributed by atoms with van der Waals surface area (Å²) in [6.45, 7) is 2.88. The van der Waals surface area contributed by atoms with E-state index in [4.69, 9.17) is 4.74 Å². The maximum Gasteiger partial charge on any atom is 0.271 e. The van der Waals surface area contributed by atoms with Gasteiger partial charge in [-0.2, -0.15) is 0 Å². The lowest BCUT2D eigenvalue weighted by atomic mass is 9.91. The van der Waals surface area contributed by atoms with E-state index in [-0.39, 0.29) is 17.5 Å². The largest absolute Gasteiger partial charge is 0.383 e. The van der Waals surface area contributed by atoms with Crippen molar-refractivity contribution in [1.82, 2.24) is 19.9 Å². The van der Waals surface area contributed by atoms with Gasteiger partial charge in [-0.3, -0.25) is 14.6 Å². The predicted octanol–water partition coefficient (Wildman–Crippen LogP) is 0.880. The number of aromatic nitrogens is 3. The van der Waals surface area contributed by atoms with Crippen molar-refractivity contribution in [2.45, 2.75) is 38.8 Å². The van der Waals surface area contributed by atoms with Gasteiger partial charge < -0.3 is 14.6 Å². The highest BCUT2D eigenvalue weighted by atomic mass is 16.5. The summed E-state index contributed by atoms with van der Waals surface area (Å²) in [7, 11) is 1.62. The molecular weight excluding hydrogens is 320 g/mol. The van der Waals surface area contributed by atoms with Crippen molar-refractivity contribution in [3.8, 4) is 0 Å². The number of fused-ring (bicyclic) bond motifs is 1. The number of pyridine rings is 1. The highest BCUT2D eigenvalue weighted by molar-refractivity contribution is 5.92. The van der Waals surface area contributed by atoms with E-state index >= 15 is 0 Å². The molecule has 1 N–H and O–H groups in total. The molecule has 0 saturated carbocycles. The van der Waals surface area contributed by atoms with E-state index in [1.165, 1.54) is 6.20 Å². The van der Waals surface area contributed by atoms with Crippen LogP contribution in [0, 0.1) is 6.92 Å². The number of hydrogen-bond donors (Lipinski definition) is 1. The highest BCUT2D eigenvalue weighted by Gasteiger charge is 2.23. The van der Waals surface area contributed by atoms with E-state index in [1.807, 2.05) is 13.0 Å². The van der Waals surface area contributed by atoms with Crippen molar-refractivity contribution in [2.75, 3.05) is 13.7 Å². The van der Waals surface area contributed by atoms with E-state index < -0.39 is 0 Å². The van der Waals surface area contributed by atoms with Crippen LogP contribution in [-0.2, 0) is 24.1 Å². The van der Waals surface area contributed by atoms with Crippen molar-refractivity contribution in [3.05, 3.63) is 57.5 Å². The Balaban J connectivity index is 1.72. The zero-order valence-corrected chi connectivity index (χ0v) is 14.5. The first kappa shape index (κ1) is 17.3. The van der Waals surface area contributed by atoms with Crippen LogP contribution in [0.15, 0.2) is 29.3 Å². The Morgan fingerprint density at radius 1 is 1.36 bits per heavy atom. The topological polar surface area (TPSA) is 86.1 Å². The number of carbonyl (C=O) groups excluding carboxylic acids is 1. The van der Waals surface area contributed by atoms with Crippen molar-refractivity contribution in [2.24, 2.45) is 0 Å². The fraction of sp³-hybridized carbons (Fsp3) is 0.444. The zero-order valence-electron chi connectivity index (χ0n) is 14.5. The number of rotatable bonds is 5. The third-order valence-corrected chi connectivity index (χ3v) is 4.45. The molecule has 2 heterocycles. The van der Waals surface area contributed by atoms with E-state index in [1.54, 1.807) is 23.9 Å². The van der Waals surface area contributed by atoms with Crippen LogP contribution in [0.3, 0.4) is 0 Å². The number of ether oxygens (including phenoxy) is 1. The van der Waals surface area contributed by atoms with Gasteiger partial charge in [0.2, 0.25) is 0 Å². The van der Waals surface area contributed by atoms with E-state index in [2.05, 4.69) is 15.3 Å². The van der Waals surface area contributed by atoms with Gasteiger partial charge in [-0.15, -0.1) is 0 Å². The molecule has 0 saturated heterocycles. The maximum absolute atomic E-state index is 12.3. The van der Waals surface area contributed by atoms with E-state index in [0.29, 0.717) is 25.3 Å². The average molecular weight is 342 g/mol. The first-order valence-electron chi connectivity index (χ1n) is 8.38. The number of nitrogens with zero attached hydrogens (tertiary/aromatic N) is 3. The molecule has 0 radical (unpaired) electrons. The van der Waals surface area contributed by atoms with Crippen LogP contribution >= 0.6 is 0 Å². The van der Waals surface area contributed by atoms with Gasteiger partial charge in [0.05, 0.1) is 18.5 Å². The molecule has 0 fully saturated rings. The predicted molar refractivity (Wildman–Crippen MR) is 92.6 cm³/mol. The minimum absolute atomic E-state index is 0.00628. The van der Waals surface area contributed by atoms with Gasteiger partial charge in [-0.25, -0.2) is 4.98 Å². The third-order valence-electron chi connectivity index (χ3n) is 4.45. The van der Waals surface area contributed by atoms with Gasteiger partial charge in [0.25, 0.3) is 11.5 Å². The molecule has 1 atom stereocenters. The van der Waals surface area contributed by atoms with Gasteiger partial charge in [0.15, 0.2) is 0 Å². The van der Waals surface area contributed by atoms with Crippen LogP contribution in [0.5, 0.6) is 0 Å². The van der Waals surface area contributed by atoms with Gasteiger partial charge in [-0.05, 0) is 31.7 Å². The summed E-state index contributed by atoms with van der Waals surface area (Å²) in [5.41, 5.74) is 3.24. The minimum Gasteiger partial charge on any atom is -0.383 e. The highest BCUT2D eigenvalue weighted by Crippen LogP contribution is 2.20. The Morgan fingerprint density at radius 3 is 2.92 bits per heavy atom. The molecular formula is C18H22N4O3. The summed E-state index contributed by atoms with van der Waals surface area (Å²) >= 11 is 0. The number of nitrogens with one attached hydrogen (secondary N) is 1. The van der Waals surface area contributed by atoms with Crippen molar-refractivity contribution < 1.29 is 9.53 Å². The molecule has 132 valence electrons. The van der Waals surface area contributed by atoms with Crippen LogP contribution < -0.4 is 10.9 Å². The maximum atomic E-state index is 12.3. The van der Waals surface area contributed by atoms with Crippen LogP contribution in [0.4, 0.5) is 0 Å². The molecule has 7 nitrogen and oxygen atoms in total. The second-order valence-electron chi connectivity index (χ2n) is 6.24. The molecule has 1 unspecified atom stereocenters. The van der Waals surface area contributed by atoms with Crippen LogP contribution in [0.25, 0.3) is 0 Å². The molecule has 0 aromatic carbocycles. The number of carbonyl (C=O) groups is 1. The van der Waals surface area contributed by atoms with Gasteiger partial charge in [0, 0.05) is 37.7 Å². The quantitative estimate of drug-likeness (QED) is 0.872. The van der Waals surface area contributed by atoms with E-state index in [9.17, 15) is 9.59 Å². The lowest BCUT2D eigenvalue weighted by molar-refractivity contribution is 0.0927. The van der Waals surface area contributed by atoms with Crippen LogP contribution in [0.1, 0.15) is 33.9 Å². The number of methoxy groups -OCH3 is 1. The molecule has 0 spiro atoms. The molecule has 1 aliphatic rings. The van der Waals surface area contributed by atoms with Gasteiger partial charge >= 0.3 is 0 Å². The SMILES string of the molecule is COCCn1c2c(ccc1=O)CC(NC(=O)c1cnc(C)cn1)CC2. The number of hydrogen-bond acceptors (Lipinski definition) is 5. The second-order valence-corrected chi connectivity index (χ2v) is 6.24. The molecule has 2 aromatic heterocycles. The Hall–Kier alpha value is -2.54. The standard InChI is InChI=1S/C18H22N4O3/c1-12-10-20-15(11-19-12)18(24)21-14-4-5-16-13(9-14)3-6-17(23)22(16)7-8-25-2/h3,6,10-11,14H,4-5,7-9H2,1-2H3,(H,21,24). The van der Waals surface area contributed by atoms with Crippen molar-refractivity contribution in [1.29, 1.82) is 0 Å². The molecule has 0 aliphatic heterocycles. The Kier molecular flexibility index (Phi) is 5.23. The first-order chi connectivity index (χ1) is 12.1. The van der Waals surface area contributed by atoms with Crippen molar-refractivity contribution >= 4 is 5.91 Å². The molecule has 7 heteroatoms. The molecule has 0 bridgehead atoms. The lowest BCUT2D eigenvalue weighted by Crippen LogP contribution is -2.41. The third kappa shape index (κ3) is 3.93. The molecule has 2 aromatic rings. The number of amides is 1. The monoisotopic (exact) mass is 342 g/mol. The molecule has 3 rings (SSSR count). The second kappa shape index (κ2) is 7.57. The summed E-state index contributed by atoms with van der Waals surface area (Å²) in [6, 6.07) is 3.48. The molecule has 25 heavy (non-hydrogen) atoms. The van der Waals surface area contributed by atoms with Crippen LogP contribution in [-0.4, -0.2) is 40.2 Å². The summed E-state index contributed by atoms with van der Waals surface area (Å²) in [6.07, 6.45) is 5.31. The lowest BCUT2D eigenvalue weighted by Gasteiger charge is -2.27. The smallest absolute Gasteiger partial charge is 0.271 e. The Labute approximate surface area is 146 Å². The molecule has 1 amide bonds. The molecule has 1 aliphatic carbocycles.